The molecule has 3 aliphatic rings. The number of ether oxygens (including phenoxy) is 9. The van der Waals surface area contributed by atoms with Crippen LogP contribution in [0.1, 0.15) is 134 Å². The van der Waals surface area contributed by atoms with E-state index in [1.165, 1.54) is 27.8 Å². The maximum absolute atomic E-state index is 12.6. The standard InChI is InChI=1S/C68H78O13/c1-9-10-34-75-41-45(2)80-61(72)31-30-60(71)79-38-37-78-59(70)29-28-58(69)77-36-35-76-50-26-22-48(23-27-50)68(47-20-24-49(73-7)25-21-47)33-32-52-63-62(51-18-14-15-19-56(51)67(63)43-65(3,4)42-66(5,6)44-67)54-39-53(46-16-12-11-13-17-46)57(74-8)40-55(54)64(52)81-68/h11-27,39-40,45H,9-10,28-38,41-44H2,1-8H3. The number of fused-ring (bicyclic) bond motifs is 10. The minimum absolute atomic E-state index is 0.0347. The van der Waals surface area contributed by atoms with Crippen molar-refractivity contribution in [3.63, 3.8) is 0 Å². The van der Waals surface area contributed by atoms with Gasteiger partial charge in [0, 0.05) is 34.1 Å². The van der Waals surface area contributed by atoms with E-state index in [9.17, 15) is 19.2 Å². The van der Waals surface area contributed by atoms with Crippen LogP contribution in [0, 0.1) is 10.8 Å². The van der Waals surface area contributed by atoms with E-state index in [0.29, 0.717) is 18.8 Å². The smallest absolute Gasteiger partial charge is 0.306 e. The summed E-state index contributed by atoms with van der Waals surface area (Å²) >= 11 is 0. The Morgan fingerprint density at radius 1 is 0.605 bits per heavy atom. The Balaban J connectivity index is 0.891. The van der Waals surface area contributed by atoms with Crippen LogP contribution in [0.3, 0.4) is 0 Å². The molecule has 9 rings (SSSR count). The Morgan fingerprint density at radius 3 is 1.79 bits per heavy atom. The molecule has 0 N–H and O–H groups in total. The van der Waals surface area contributed by atoms with Crippen LogP contribution in [-0.2, 0) is 60.3 Å². The molecule has 2 unspecified atom stereocenters. The summed E-state index contributed by atoms with van der Waals surface area (Å²) in [5.41, 5.74) is 9.71. The number of hydrogen-bond donors (Lipinski definition) is 0. The summed E-state index contributed by atoms with van der Waals surface area (Å²) in [6.07, 6.45) is 5.38. The number of rotatable bonds is 24. The Kier molecular flexibility index (Phi) is 18.1. The maximum atomic E-state index is 12.6. The molecule has 6 aromatic rings. The summed E-state index contributed by atoms with van der Waals surface area (Å²) in [7, 11) is 3.42. The van der Waals surface area contributed by atoms with Crippen LogP contribution < -0.4 is 18.9 Å². The molecule has 1 aliphatic heterocycles. The van der Waals surface area contributed by atoms with Crippen molar-refractivity contribution in [3.8, 4) is 45.3 Å². The Hall–Kier alpha value is -7.38. The van der Waals surface area contributed by atoms with Crippen LogP contribution in [-0.4, -0.2) is 83.8 Å². The second kappa shape index (κ2) is 25.2. The number of methoxy groups -OCH3 is 2. The predicted molar refractivity (Wildman–Crippen MR) is 311 cm³/mol. The lowest BCUT2D eigenvalue weighted by Gasteiger charge is -2.52. The maximum Gasteiger partial charge on any atom is 0.306 e. The van der Waals surface area contributed by atoms with Crippen molar-refractivity contribution in [2.45, 2.75) is 129 Å². The summed E-state index contributed by atoms with van der Waals surface area (Å²) in [5.74, 6) is 0.597. The van der Waals surface area contributed by atoms with Gasteiger partial charge in [-0.3, -0.25) is 19.2 Å². The van der Waals surface area contributed by atoms with Crippen molar-refractivity contribution in [2.75, 3.05) is 53.9 Å². The molecule has 428 valence electrons. The molecule has 6 aromatic carbocycles. The van der Waals surface area contributed by atoms with Crippen LogP contribution in [0.5, 0.6) is 23.0 Å². The molecular weight excluding hydrogens is 1020 g/mol. The first-order chi connectivity index (χ1) is 39.0. The molecule has 13 nitrogen and oxygen atoms in total. The number of unbranched alkanes of at least 4 members (excludes halogenated alkanes) is 1. The Bertz CT molecular complexity index is 3180. The lowest BCUT2D eigenvalue weighted by Crippen LogP contribution is -2.45. The van der Waals surface area contributed by atoms with E-state index < -0.39 is 35.6 Å². The molecule has 0 aromatic heterocycles. The minimum Gasteiger partial charge on any atom is -0.497 e. The van der Waals surface area contributed by atoms with Crippen molar-refractivity contribution in [1.82, 2.24) is 0 Å². The summed E-state index contributed by atoms with van der Waals surface area (Å²) in [6.45, 7) is 14.1. The second-order valence-corrected chi connectivity index (χ2v) is 23.4. The largest absolute Gasteiger partial charge is 0.497 e. The number of carbonyl (C=O) groups excluding carboxylic acids is 4. The van der Waals surface area contributed by atoms with Gasteiger partial charge in [-0.15, -0.1) is 0 Å². The first-order valence-corrected chi connectivity index (χ1v) is 28.7. The van der Waals surface area contributed by atoms with Gasteiger partial charge in [-0.2, -0.15) is 0 Å². The molecule has 13 heteroatoms. The summed E-state index contributed by atoms with van der Waals surface area (Å²) in [5, 5.41) is 2.15. The molecule has 1 heterocycles. The van der Waals surface area contributed by atoms with Crippen molar-refractivity contribution >= 4 is 34.6 Å². The molecular formula is C68H78O13. The van der Waals surface area contributed by atoms with E-state index >= 15 is 0 Å². The van der Waals surface area contributed by atoms with Gasteiger partial charge in [0.05, 0.1) is 46.5 Å². The topological polar surface area (TPSA) is 151 Å². The third-order valence-corrected chi connectivity index (χ3v) is 16.0. The third-order valence-electron chi connectivity index (χ3n) is 16.0. The lowest BCUT2D eigenvalue weighted by atomic mass is 9.52. The first-order valence-electron chi connectivity index (χ1n) is 28.7. The van der Waals surface area contributed by atoms with Crippen LogP contribution >= 0.6 is 0 Å². The van der Waals surface area contributed by atoms with Crippen LogP contribution in [0.2, 0.25) is 0 Å². The van der Waals surface area contributed by atoms with Gasteiger partial charge in [-0.25, -0.2) is 0 Å². The van der Waals surface area contributed by atoms with Crippen LogP contribution in [0.4, 0.5) is 0 Å². The predicted octanol–water partition coefficient (Wildman–Crippen LogP) is 13.6. The number of hydrogen-bond acceptors (Lipinski definition) is 13. The van der Waals surface area contributed by atoms with Gasteiger partial charge in [0.1, 0.15) is 55.5 Å². The fourth-order valence-electron chi connectivity index (χ4n) is 13.3. The zero-order valence-corrected chi connectivity index (χ0v) is 48.4. The van der Waals surface area contributed by atoms with E-state index in [1.54, 1.807) is 21.1 Å². The van der Waals surface area contributed by atoms with E-state index in [4.69, 9.17) is 42.6 Å². The van der Waals surface area contributed by atoms with Gasteiger partial charge in [0.25, 0.3) is 0 Å². The number of benzene rings is 6. The highest BCUT2D eigenvalue weighted by atomic mass is 16.6. The highest BCUT2D eigenvalue weighted by Crippen LogP contribution is 2.67. The molecule has 2 aliphatic carbocycles. The molecule has 0 bridgehead atoms. The van der Waals surface area contributed by atoms with Gasteiger partial charge in [0.2, 0.25) is 0 Å². The quantitative estimate of drug-likeness (QED) is 0.0321. The second-order valence-electron chi connectivity index (χ2n) is 23.4. The van der Waals surface area contributed by atoms with E-state index in [0.717, 1.165) is 88.8 Å². The summed E-state index contributed by atoms with van der Waals surface area (Å²) in [4.78, 5) is 49.1. The molecule has 1 spiro atoms. The third kappa shape index (κ3) is 13.0. The summed E-state index contributed by atoms with van der Waals surface area (Å²) in [6, 6.07) is 40.3. The van der Waals surface area contributed by atoms with E-state index in [1.807, 2.05) is 30.3 Å². The highest BCUT2D eigenvalue weighted by Gasteiger charge is 2.56. The SMILES string of the molecule is CCCCOCC(C)OC(=O)CCC(=O)OCCOC(=O)CCC(=O)OCCOc1ccc(C2(c3ccc(OC)cc3)CCc3c4c(c5cc(-c6ccccc6)c(OC)cc5c3O2)-c2ccccc2C42CC(C)(C)CC(C)(C)C2)cc1. The van der Waals surface area contributed by atoms with Crippen LogP contribution in [0.15, 0.2) is 115 Å². The number of carbonyl (C=O) groups is 4. The molecule has 81 heavy (non-hydrogen) atoms. The van der Waals surface area contributed by atoms with Gasteiger partial charge < -0.3 is 42.6 Å². The van der Waals surface area contributed by atoms with Gasteiger partial charge >= 0.3 is 23.9 Å². The molecule has 0 radical (unpaired) electrons. The van der Waals surface area contributed by atoms with Crippen molar-refractivity contribution in [1.29, 1.82) is 0 Å². The molecule has 2 atom stereocenters. The average molecular weight is 1100 g/mol. The Morgan fingerprint density at radius 2 is 1.19 bits per heavy atom. The van der Waals surface area contributed by atoms with Crippen LogP contribution in [0.25, 0.3) is 33.0 Å². The average Bonchev–Trinajstić information content (AvgIpc) is 1.88. The monoisotopic (exact) mass is 1100 g/mol. The molecule has 1 saturated carbocycles. The van der Waals surface area contributed by atoms with Gasteiger partial charge in [-0.05, 0) is 131 Å². The minimum atomic E-state index is -0.922. The highest BCUT2D eigenvalue weighted by molar-refractivity contribution is 6.09. The van der Waals surface area contributed by atoms with Gasteiger partial charge in [-0.1, -0.05) is 120 Å². The van der Waals surface area contributed by atoms with E-state index in [-0.39, 0.29) is 75.0 Å². The summed E-state index contributed by atoms with van der Waals surface area (Å²) < 4.78 is 52.2. The van der Waals surface area contributed by atoms with Gasteiger partial charge in [0.15, 0.2) is 5.60 Å². The lowest BCUT2D eigenvalue weighted by molar-refractivity contribution is -0.157. The Labute approximate surface area is 476 Å². The fourth-order valence-corrected chi connectivity index (χ4v) is 13.3. The fraction of sp³-hybridized carbons (Fsp3) is 0.441. The zero-order valence-electron chi connectivity index (χ0n) is 48.4. The molecule has 0 amide bonds. The van der Waals surface area contributed by atoms with Crippen molar-refractivity contribution < 1.29 is 61.8 Å². The van der Waals surface area contributed by atoms with Crippen molar-refractivity contribution in [3.05, 3.63) is 143 Å². The molecule has 0 saturated heterocycles. The first kappa shape index (κ1) is 58.3. The number of esters is 4. The molecule has 1 fully saturated rings. The normalized spacial score (nSPS) is 17.4. The van der Waals surface area contributed by atoms with Crippen molar-refractivity contribution in [2.24, 2.45) is 10.8 Å². The zero-order chi connectivity index (χ0) is 57.4. The van der Waals surface area contributed by atoms with E-state index in [2.05, 4.69) is 120 Å².